The van der Waals surface area contributed by atoms with E-state index in [-0.39, 0.29) is 6.10 Å². The van der Waals surface area contributed by atoms with Crippen molar-refractivity contribution in [2.75, 3.05) is 32.7 Å². The van der Waals surface area contributed by atoms with Gasteiger partial charge in [0.1, 0.15) is 0 Å². The van der Waals surface area contributed by atoms with E-state index in [0.29, 0.717) is 6.04 Å². The molecule has 0 aromatic rings. The molecular weight excluding hydrogens is 212 g/mol. The van der Waals surface area contributed by atoms with Crippen molar-refractivity contribution in [3.63, 3.8) is 0 Å². The van der Waals surface area contributed by atoms with Crippen LogP contribution in [0.2, 0.25) is 0 Å². The molecule has 100 valence electrons. The molecule has 3 heteroatoms. The zero-order chi connectivity index (χ0) is 12.3. The molecule has 0 spiro atoms. The Hall–Kier alpha value is -0.120. The predicted octanol–water partition coefficient (Wildman–Crippen LogP) is 1.56. The van der Waals surface area contributed by atoms with Gasteiger partial charge in [-0.3, -0.25) is 4.90 Å². The first-order valence-electron chi connectivity index (χ1n) is 7.39. The van der Waals surface area contributed by atoms with E-state index < -0.39 is 0 Å². The van der Waals surface area contributed by atoms with Crippen molar-refractivity contribution in [2.45, 2.75) is 51.7 Å². The van der Waals surface area contributed by atoms with E-state index in [0.717, 1.165) is 25.4 Å². The van der Waals surface area contributed by atoms with Gasteiger partial charge in [-0.15, -0.1) is 0 Å². The average molecular weight is 240 g/mol. The fourth-order valence-electron chi connectivity index (χ4n) is 3.39. The Morgan fingerprint density at radius 1 is 1.06 bits per heavy atom. The molecule has 1 heterocycles. The molecule has 0 aromatic carbocycles. The van der Waals surface area contributed by atoms with Gasteiger partial charge in [-0.05, 0) is 31.7 Å². The third-order valence-corrected chi connectivity index (χ3v) is 4.79. The average Bonchev–Trinajstić information content (AvgIpc) is 2.39. The maximum atomic E-state index is 10.2. The number of likely N-dealkylation sites (N-methyl/N-ethyl adjacent to an activating group) is 1. The summed E-state index contributed by atoms with van der Waals surface area (Å²) in [5.74, 6) is 0.840. The van der Waals surface area contributed by atoms with E-state index in [9.17, 15) is 5.11 Å². The number of piperazine rings is 1. The summed E-state index contributed by atoms with van der Waals surface area (Å²) in [4.78, 5) is 5.04. The van der Waals surface area contributed by atoms with Crippen LogP contribution in [0.1, 0.15) is 39.5 Å². The smallest absolute Gasteiger partial charge is 0.0695 e. The normalized spacial score (nSPS) is 37.2. The highest BCUT2D eigenvalue weighted by Gasteiger charge is 2.33. The number of hydrogen-bond acceptors (Lipinski definition) is 3. The fraction of sp³-hybridized carbons (Fsp3) is 1.00. The van der Waals surface area contributed by atoms with Crippen LogP contribution in [-0.4, -0.2) is 59.8 Å². The first kappa shape index (κ1) is 13.3. The number of aliphatic hydroxyl groups is 1. The summed E-state index contributed by atoms with van der Waals surface area (Å²) in [5.41, 5.74) is 0. The molecule has 3 nitrogen and oxygen atoms in total. The van der Waals surface area contributed by atoms with E-state index in [4.69, 9.17) is 0 Å². The van der Waals surface area contributed by atoms with Crippen molar-refractivity contribution in [1.82, 2.24) is 9.80 Å². The first-order chi connectivity index (χ1) is 8.24. The van der Waals surface area contributed by atoms with Gasteiger partial charge in [0.05, 0.1) is 6.10 Å². The Balaban J connectivity index is 1.87. The lowest BCUT2D eigenvalue weighted by atomic mass is 9.81. The van der Waals surface area contributed by atoms with Gasteiger partial charge >= 0.3 is 0 Å². The van der Waals surface area contributed by atoms with E-state index in [2.05, 4.69) is 23.6 Å². The number of hydrogen-bond donors (Lipinski definition) is 1. The van der Waals surface area contributed by atoms with Gasteiger partial charge in [0, 0.05) is 32.2 Å². The Kier molecular flexibility index (Phi) is 4.83. The summed E-state index contributed by atoms with van der Waals surface area (Å²) in [6.07, 6.45) is 4.65. The molecular formula is C14H28N2O. The van der Waals surface area contributed by atoms with Crippen LogP contribution in [0, 0.1) is 5.92 Å². The standard InChI is InChI=1S/C14H28N2O/c1-3-12-5-6-14(17)13(11-12)16-9-7-15(4-2)8-10-16/h12-14,17H,3-11H2,1-2H3. The Morgan fingerprint density at radius 2 is 1.76 bits per heavy atom. The minimum Gasteiger partial charge on any atom is -0.391 e. The van der Waals surface area contributed by atoms with Gasteiger partial charge in [0.2, 0.25) is 0 Å². The summed E-state index contributed by atoms with van der Waals surface area (Å²) in [5, 5.41) is 10.2. The molecule has 3 unspecified atom stereocenters. The van der Waals surface area contributed by atoms with Crippen LogP contribution in [0.3, 0.4) is 0 Å². The zero-order valence-electron chi connectivity index (χ0n) is 11.4. The number of aliphatic hydroxyl groups excluding tert-OH is 1. The van der Waals surface area contributed by atoms with Crippen molar-refractivity contribution in [3.05, 3.63) is 0 Å². The third-order valence-electron chi connectivity index (χ3n) is 4.79. The highest BCUT2D eigenvalue weighted by molar-refractivity contribution is 4.88. The quantitative estimate of drug-likeness (QED) is 0.811. The molecule has 3 atom stereocenters. The fourth-order valence-corrected chi connectivity index (χ4v) is 3.39. The Bertz CT molecular complexity index is 226. The second-order valence-corrected chi connectivity index (χ2v) is 5.69. The molecule has 0 radical (unpaired) electrons. The molecule has 1 saturated heterocycles. The van der Waals surface area contributed by atoms with E-state index >= 15 is 0 Å². The van der Waals surface area contributed by atoms with E-state index in [1.807, 2.05) is 0 Å². The SMILES string of the molecule is CCC1CCC(O)C(N2CCN(CC)CC2)C1. The molecule has 0 amide bonds. The summed E-state index contributed by atoms with van der Waals surface area (Å²) in [6, 6.07) is 0.438. The number of nitrogens with zero attached hydrogens (tertiary/aromatic N) is 2. The van der Waals surface area contributed by atoms with Crippen LogP contribution in [0.15, 0.2) is 0 Å². The molecule has 1 N–H and O–H groups in total. The lowest BCUT2D eigenvalue weighted by Gasteiger charge is -2.44. The predicted molar refractivity (Wildman–Crippen MR) is 71.1 cm³/mol. The molecule has 1 aliphatic carbocycles. The van der Waals surface area contributed by atoms with Crippen molar-refractivity contribution in [2.24, 2.45) is 5.92 Å². The van der Waals surface area contributed by atoms with Crippen molar-refractivity contribution >= 4 is 0 Å². The molecule has 0 bridgehead atoms. The first-order valence-corrected chi connectivity index (χ1v) is 7.39. The van der Waals surface area contributed by atoms with Crippen LogP contribution in [0.4, 0.5) is 0 Å². The minimum absolute atomic E-state index is 0.0778. The van der Waals surface area contributed by atoms with Crippen LogP contribution >= 0.6 is 0 Å². The van der Waals surface area contributed by atoms with Gasteiger partial charge in [-0.1, -0.05) is 20.3 Å². The largest absolute Gasteiger partial charge is 0.391 e. The maximum absolute atomic E-state index is 10.2. The Labute approximate surface area is 106 Å². The minimum atomic E-state index is -0.0778. The Morgan fingerprint density at radius 3 is 2.35 bits per heavy atom. The third kappa shape index (κ3) is 3.21. The molecule has 2 fully saturated rings. The lowest BCUT2D eigenvalue weighted by molar-refractivity contribution is -0.0169. The summed E-state index contributed by atoms with van der Waals surface area (Å²) in [6.45, 7) is 10.3. The van der Waals surface area contributed by atoms with E-state index in [1.54, 1.807) is 0 Å². The van der Waals surface area contributed by atoms with Crippen molar-refractivity contribution in [1.29, 1.82) is 0 Å². The van der Waals surface area contributed by atoms with Crippen molar-refractivity contribution in [3.8, 4) is 0 Å². The van der Waals surface area contributed by atoms with Crippen LogP contribution < -0.4 is 0 Å². The van der Waals surface area contributed by atoms with Crippen LogP contribution in [0.5, 0.6) is 0 Å². The second-order valence-electron chi connectivity index (χ2n) is 5.69. The van der Waals surface area contributed by atoms with Crippen molar-refractivity contribution < 1.29 is 5.11 Å². The molecule has 2 aliphatic rings. The van der Waals surface area contributed by atoms with E-state index in [1.165, 1.54) is 38.9 Å². The second kappa shape index (κ2) is 6.17. The van der Waals surface area contributed by atoms with Crippen LogP contribution in [-0.2, 0) is 0 Å². The summed E-state index contributed by atoms with van der Waals surface area (Å²) < 4.78 is 0. The molecule has 1 saturated carbocycles. The molecule has 1 aliphatic heterocycles. The molecule has 17 heavy (non-hydrogen) atoms. The highest BCUT2D eigenvalue weighted by atomic mass is 16.3. The zero-order valence-corrected chi connectivity index (χ0v) is 11.4. The summed E-state index contributed by atoms with van der Waals surface area (Å²) in [7, 11) is 0. The summed E-state index contributed by atoms with van der Waals surface area (Å²) >= 11 is 0. The molecule has 0 aromatic heterocycles. The molecule has 2 rings (SSSR count). The lowest BCUT2D eigenvalue weighted by Crippen LogP contribution is -2.55. The van der Waals surface area contributed by atoms with Gasteiger partial charge < -0.3 is 10.0 Å². The van der Waals surface area contributed by atoms with Gasteiger partial charge in [-0.2, -0.15) is 0 Å². The maximum Gasteiger partial charge on any atom is 0.0695 e. The van der Waals surface area contributed by atoms with Gasteiger partial charge in [-0.25, -0.2) is 0 Å². The van der Waals surface area contributed by atoms with Gasteiger partial charge in [0.15, 0.2) is 0 Å². The number of rotatable bonds is 3. The monoisotopic (exact) mass is 240 g/mol. The van der Waals surface area contributed by atoms with Gasteiger partial charge in [0.25, 0.3) is 0 Å². The van der Waals surface area contributed by atoms with Crippen LogP contribution in [0.25, 0.3) is 0 Å². The topological polar surface area (TPSA) is 26.7 Å². The highest BCUT2D eigenvalue weighted by Crippen LogP contribution is 2.30.